The maximum atomic E-state index is 6.01. The van der Waals surface area contributed by atoms with Crippen LogP contribution in [0.15, 0.2) is 12.4 Å². The van der Waals surface area contributed by atoms with Gasteiger partial charge in [-0.25, -0.2) is 0 Å². The van der Waals surface area contributed by atoms with Gasteiger partial charge in [-0.15, -0.1) is 0 Å². The summed E-state index contributed by atoms with van der Waals surface area (Å²) in [5.74, 6) is 0.641. The molecule has 1 heterocycles. The van der Waals surface area contributed by atoms with Crippen molar-refractivity contribution in [3.63, 3.8) is 0 Å². The molecule has 14 heavy (non-hydrogen) atoms. The molecule has 1 aromatic heterocycles. The number of aromatic nitrogens is 2. The Balaban J connectivity index is 2.56. The van der Waals surface area contributed by atoms with E-state index in [1.807, 2.05) is 6.92 Å². The van der Waals surface area contributed by atoms with Crippen molar-refractivity contribution in [2.45, 2.75) is 39.7 Å². The molecule has 0 saturated heterocycles. The smallest absolute Gasteiger partial charge is 0.0631 e. The predicted octanol–water partition coefficient (Wildman–Crippen LogP) is 1.70. The quantitative estimate of drug-likeness (QED) is 0.791. The van der Waals surface area contributed by atoms with E-state index in [1.54, 1.807) is 12.4 Å². The summed E-state index contributed by atoms with van der Waals surface area (Å²) in [5, 5.41) is 0. The molecule has 0 aliphatic heterocycles. The largest absolute Gasteiger partial charge is 0.327 e. The number of rotatable bonds is 4. The SMILES string of the molecule is Cc1nccnc1CC(N)CC(C)C. The molecule has 0 fully saturated rings. The first-order valence-electron chi connectivity index (χ1n) is 5.11. The minimum Gasteiger partial charge on any atom is -0.327 e. The van der Waals surface area contributed by atoms with Gasteiger partial charge in [0.25, 0.3) is 0 Å². The third kappa shape index (κ3) is 3.42. The molecule has 3 heteroatoms. The van der Waals surface area contributed by atoms with Gasteiger partial charge in [0.05, 0.1) is 11.4 Å². The lowest BCUT2D eigenvalue weighted by atomic mass is 10.00. The van der Waals surface area contributed by atoms with Crippen molar-refractivity contribution >= 4 is 0 Å². The predicted molar refractivity (Wildman–Crippen MR) is 57.9 cm³/mol. The van der Waals surface area contributed by atoms with E-state index in [-0.39, 0.29) is 6.04 Å². The van der Waals surface area contributed by atoms with E-state index in [9.17, 15) is 0 Å². The lowest BCUT2D eigenvalue weighted by Crippen LogP contribution is -2.25. The molecule has 0 bridgehead atoms. The Bertz CT molecular complexity index is 284. The number of nitrogens with two attached hydrogens (primary N) is 1. The van der Waals surface area contributed by atoms with Gasteiger partial charge >= 0.3 is 0 Å². The lowest BCUT2D eigenvalue weighted by molar-refractivity contribution is 0.489. The normalized spacial score (nSPS) is 13.2. The summed E-state index contributed by atoms with van der Waals surface area (Å²) < 4.78 is 0. The van der Waals surface area contributed by atoms with Crippen LogP contribution in [0, 0.1) is 12.8 Å². The van der Waals surface area contributed by atoms with Crippen molar-refractivity contribution in [3.8, 4) is 0 Å². The van der Waals surface area contributed by atoms with E-state index in [0.29, 0.717) is 5.92 Å². The monoisotopic (exact) mass is 193 g/mol. The molecular weight excluding hydrogens is 174 g/mol. The Morgan fingerprint density at radius 2 is 1.93 bits per heavy atom. The highest BCUT2D eigenvalue weighted by Gasteiger charge is 2.09. The van der Waals surface area contributed by atoms with E-state index in [4.69, 9.17) is 5.73 Å². The molecule has 0 aliphatic rings. The Kier molecular flexibility index (Phi) is 4.01. The summed E-state index contributed by atoms with van der Waals surface area (Å²) in [6.45, 7) is 6.34. The molecule has 0 aliphatic carbocycles. The maximum Gasteiger partial charge on any atom is 0.0631 e. The summed E-state index contributed by atoms with van der Waals surface area (Å²) in [6.07, 6.45) is 5.31. The fourth-order valence-corrected chi connectivity index (χ4v) is 1.57. The zero-order chi connectivity index (χ0) is 10.6. The molecule has 0 radical (unpaired) electrons. The molecule has 1 aromatic rings. The van der Waals surface area contributed by atoms with Crippen LogP contribution < -0.4 is 5.73 Å². The topological polar surface area (TPSA) is 51.8 Å². The van der Waals surface area contributed by atoms with Crippen LogP contribution >= 0.6 is 0 Å². The van der Waals surface area contributed by atoms with Gasteiger partial charge in [-0.1, -0.05) is 13.8 Å². The Morgan fingerprint density at radius 1 is 1.29 bits per heavy atom. The Morgan fingerprint density at radius 3 is 2.50 bits per heavy atom. The number of nitrogens with zero attached hydrogens (tertiary/aromatic N) is 2. The molecule has 1 rings (SSSR count). The van der Waals surface area contributed by atoms with E-state index in [1.165, 1.54) is 0 Å². The van der Waals surface area contributed by atoms with E-state index in [2.05, 4.69) is 23.8 Å². The second-order valence-electron chi connectivity index (χ2n) is 4.18. The fourth-order valence-electron chi connectivity index (χ4n) is 1.57. The van der Waals surface area contributed by atoms with Crippen molar-refractivity contribution in [1.82, 2.24) is 9.97 Å². The average Bonchev–Trinajstić information content (AvgIpc) is 2.07. The molecule has 0 aromatic carbocycles. The summed E-state index contributed by atoms with van der Waals surface area (Å²) in [7, 11) is 0. The molecule has 2 N–H and O–H groups in total. The van der Waals surface area contributed by atoms with Gasteiger partial charge in [0.15, 0.2) is 0 Å². The first kappa shape index (κ1) is 11.1. The maximum absolute atomic E-state index is 6.01. The van der Waals surface area contributed by atoms with Gasteiger partial charge in [-0.3, -0.25) is 9.97 Å². The first-order chi connectivity index (χ1) is 6.59. The molecule has 1 unspecified atom stereocenters. The molecular formula is C11H19N3. The van der Waals surface area contributed by atoms with E-state index in [0.717, 1.165) is 24.2 Å². The van der Waals surface area contributed by atoms with Gasteiger partial charge in [0.1, 0.15) is 0 Å². The summed E-state index contributed by atoms with van der Waals surface area (Å²) in [5.41, 5.74) is 8.03. The lowest BCUT2D eigenvalue weighted by Gasteiger charge is -2.13. The van der Waals surface area contributed by atoms with Crippen LogP contribution in [0.5, 0.6) is 0 Å². The Hall–Kier alpha value is -0.960. The Labute approximate surface area is 85.8 Å². The molecule has 0 amide bonds. The van der Waals surface area contributed by atoms with Crippen molar-refractivity contribution in [2.75, 3.05) is 0 Å². The van der Waals surface area contributed by atoms with Crippen LogP contribution in [0.25, 0.3) is 0 Å². The third-order valence-electron chi connectivity index (χ3n) is 2.21. The van der Waals surface area contributed by atoms with Crippen molar-refractivity contribution < 1.29 is 0 Å². The van der Waals surface area contributed by atoms with Crippen LogP contribution in [0.1, 0.15) is 31.7 Å². The first-order valence-corrected chi connectivity index (χ1v) is 5.11. The number of hydrogen-bond acceptors (Lipinski definition) is 3. The highest BCUT2D eigenvalue weighted by Crippen LogP contribution is 2.09. The minimum absolute atomic E-state index is 0.199. The molecule has 0 spiro atoms. The van der Waals surface area contributed by atoms with Crippen LogP contribution in [0.3, 0.4) is 0 Å². The summed E-state index contributed by atoms with van der Waals surface area (Å²) >= 11 is 0. The van der Waals surface area contributed by atoms with Gasteiger partial charge in [-0.2, -0.15) is 0 Å². The van der Waals surface area contributed by atoms with Gasteiger partial charge in [0.2, 0.25) is 0 Å². The highest BCUT2D eigenvalue weighted by molar-refractivity contribution is 5.09. The van der Waals surface area contributed by atoms with Crippen LogP contribution in [0.4, 0.5) is 0 Å². The zero-order valence-electron chi connectivity index (χ0n) is 9.20. The van der Waals surface area contributed by atoms with Crippen LogP contribution in [0.2, 0.25) is 0 Å². The molecule has 0 saturated carbocycles. The average molecular weight is 193 g/mol. The van der Waals surface area contributed by atoms with E-state index < -0.39 is 0 Å². The highest BCUT2D eigenvalue weighted by atomic mass is 14.8. The number of hydrogen-bond donors (Lipinski definition) is 1. The zero-order valence-corrected chi connectivity index (χ0v) is 9.20. The molecule has 1 atom stereocenters. The van der Waals surface area contributed by atoms with Crippen molar-refractivity contribution in [3.05, 3.63) is 23.8 Å². The van der Waals surface area contributed by atoms with Crippen molar-refractivity contribution in [1.29, 1.82) is 0 Å². The standard InChI is InChI=1S/C11H19N3/c1-8(2)6-10(12)7-11-9(3)13-4-5-14-11/h4-5,8,10H,6-7,12H2,1-3H3. The van der Waals surface area contributed by atoms with Gasteiger partial charge in [-0.05, 0) is 19.3 Å². The second-order valence-corrected chi connectivity index (χ2v) is 4.18. The minimum atomic E-state index is 0.199. The second kappa shape index (κ2) is 5.05. The molecule has 78 valence electrons. The summed E-state index contributed by atoms with van der Waals surface area (Å²) in [6, 6.07) is 0.199. The van der Waals surface area contributed by atoms with Crippen LogP contribution in [-0.4, -0.2) is 16.0 Å². The third-order valence-corrected chi connectivity index (χ3v) is 2.21. The van der Waals surface area contributed by atoms with Crippen LogP contribution in [-0.2, 0) is 6.42 Å². The summed E-state index contributed by atoms with van der Waals surface area (Å²) in [4.78, 5) is 8.48. The number of aryl methyl sites for hydroxylation is 1. The fraction of sp³-hybridized carbons (Fsp3) is 0.636. The van der Waals surface area contributed by atoms with Gasteiger partial charge < -0.3 is 5.73 Å². The van der Waals surface area contributed by atoms with Gasteiger partial charge in [0, 0.05) is 24.9 Å². The van der Waals surface area contributed by atoms with Crippen molar-refractivity contribution in [2.24, 2.45) is 11.7 Å². The molecule has 3 nitrogen and oxygen atoms in total. The van der Waals surface area contributed by atoms with E-state index >= 15 is 0 Å².